The van der Waals surface area contributed by atoms with Crippen LogP contribution < -0.4 is 9.47 Å². The quantitative estimate of drug-likeness (QED) is 0.884. The lowest BCUT2D eigenvalue weighted by Gasteiger charge is -2.06. The highest BCUT2D eigenvalue weighted by molar-refractivity contribution is 7.13. The highest BCUT2D eigenvalue weighted by Crippen LogP contribution is 2.26. The predicted octanol–water partition coefficient (Wildman–Crippen LogP) is 3.55. The molecule has 1 N–H and O–H groups in total. The summed E-state index contributed by atoms with van der Waals surface area (Å²) in [6, 6.07) is 7.16. The van der Waals surface area contributed by atoms with Gasteiger partial charge in [-0.25, -0.2) is 9.78 Å². The van der Waals surface area contributed by atoms with Crippen LogP contribution in [-0.2, 0) is 6.61 Å². The summed E-state index contributed by atoms with van der Waals surface area (Å²) >= 11 is 1.20. The molecular formula is C15H17NO4S. The van der Waals surface area contributed by atoms with Gasteiger partial charge in [-0.15, -0.1) is 11.3 Å². The molecule has 6 heteroatoms. The van der Waals surface area contributed by atoms with E-state index >= 15 is 0 Å². The van der Waals surface area contributed by atoms with Gasteiger partial charge in [0, 0.05) is 12.0 Å². The van der Waals surface area contributed by atoms with Gasteiger partial charge in [-0.3, -0.25) is 0 Å². The van der Waals surface area contributed by atoms with Gasteiger partial charge >= 0.3 is 5.97 Å². The van der Waals surface area contributed by atoms with E-state index in [1.54, 1.807) is 19.2 Å². The monoisotopic (exact) mass is 307 g/mol. The largest absolute Gasteiger partial charge is 0.497 e. The molecule has 0 amide bonds. The van der Waals surface area contributed by atoms with E-state index in [-0.39, 0.29) is 17.4 Å². The minimum absolute atomic E-state index is 0.123. The second-order valence-electron chi connectivity index (χ2n) is 4.76. The molecule has 0 saturated carbocycles. The van der Waals surface area contributed by atoms with Crippen LogP contribution in [0.3, 0.4) is 0 Å². The molecule has 0 aliphatic rings. The van der Waals surface area contributed by atoms with Crippen molar-refractivity contribution in [1.29, 1.82) is 0 Å². The van der Waals surface area contributed by atoms with Gasteiger partial charge in [-0.05, 0) is 12.1 Å². The van der Waals surface area contributed by atoms with E-state index in [2.05, 4.69) is 4.98 Å². The van der Waals surface area contributed by atoms with E-state index in [1.165, 1.54) is 11.3 Å². The first kappa shape index (κ1) is 15.3. The first-order valence-corrected chi connectivity index (χ1v) is 7.32. The number of carbonyl (C=O) groups is 1. The maximum Gasteiger partial charge on any atom is 0.347 e. The topological polar surface area (TPSA) is 68.7 Å². The number of carboxylic acid groups (broad SMARTS) is 1. The lowest BCUT2D eigenvalue weighted by Crippen LogP contribution is -2.03. The molecule has 0 fully saturated rings. The van der Waals surface area contributed by atoms with Crippen LogP contribution in [0.5, 0.6) is 11.5 Å². The number of nitrogens with zero attached hydrogens (tertiary/aromatic N) is 1. The Balaban J connectivity index is 2.16. The lowest BCUT2D eigenvalue weighted by atomic mass is 10.2. The average molecular weight is 307 g/mol. The van der Waals surface area contributed by atoms with Gasteiger partial charge in [0.1, 0.15) is 28.7 Å². The van der Waals surface area contributed by atoms with Crippen molar-refractivity contribution >= 4 is 17.3 Å². The standard InChI is InChI=1S/C15H17NO4S/c1-9(2)14-16-12(13(21-14)15(17)18)8-20-11-6-4-5-10(7-11)19-3/h4-7,9H,8H2,1-3H3,(H,17,18). The van der Waals surface area contributed by atoms with Crippen LogP contribution in [0.4, 0.5) is 0 Å². The molecule has 5 nitrogen and oxygen atoms in total. The molecule has 2 rings (SSSR count). The predicted molar refractivity (Wildman–Crippen MR) is 80.5 cm³/mol. The Labute approximate surface area is 127 Å². The number of rotatable bonds is 6. The van der Waals surface area contributed by atoms with E-state index in [0.717, 1.165) is 5.01 Å². The fourth-order valence-corrected chi connectivity index (χ4v) is 2.63. The van der Waals surface area contributed by atoms with Crippen LogP contribution >= 0.6 is 11.3 Å². The third kappa shape index (κ3) is 3.72. The SMILES string of the molecule is COc1cccc(OCc2nc(C(C)C)sc2C(=O)O)c1. The van der Waals surface area contributed by atoms with E-state index in [0.29, 0.717) is 17.2 Å². The number of aromatic carboxylic acids is 1. The van der Waals surface area contributed by atoms with Crippen molar-refractivity contribution < 1.29 is 19.4 Å². The highest BCUT2D eigenvalue weighted by Gasteiger charge is 2.19. The Hall–Kier alpha value is -2.08. The van der Waals surface area contributed by atoms with Gasteiger partial charge in [0.05, 0.1) is 12.1 Å². The summed E-state index contributed by atoms with van der Waals surface area (Å²) in [5, 5.41) is 10.0. The second-order valence-corrected chi connectivity index (χ2v) is 5.79. The fraction of sp³-hybridized carbons (Fsp3) is 0.333. The number of methoxy groups -OCH3 is 1. The van der Waals surface area contributed by atoms with Crippen LogP contribution in [0.25, 0.3) is 0 Å². The zero-order valence-electron chi connectivity index (χ0n) is 12.1. The van der Waals surface area contributed by atoms with E-state index in [9.17, 15) is 9.90 Å². The zero-order chi connectivity index (χ0) is 15.4. The maximum atomic E-state index is 11.3. The van der Waals surface area contributed by atoms with Crippen molar-refractivity contribution in [3.63, 3.8) is 0 Å². The Bertz CT molecular complexity index is 636. The summed E-state index contributed by atoms with van der Waals surface area (Å²) in [5.74, 6) is 0.527. The van der Waals surface area contributed by atoms with Gasteiger partial charge in [0.15, 0.2) is 0 Å². The fourth-order valence-electron chi connectivity index (χ4n) is 1.72. The molecule has 112 valence electrons. The smallest absolute Gasteiger partial charge is 0.347 e. The van der Waals surface area contributed by atoms with Crippen molar-refractivity contribution in [2.45, 2.75) is 26.4 Å². The Morgan fingerprint density at radius 2 is 2.10 bits per heavy atom. The van der Waals surface area contributed by atoms with Gasteiger partial charge in [-0.2, -0.15) is 0 Å². The molecule has 1 aromatic heterocycles. The van der Waals surface area contributed by atoms with Crippen molar-refractivity contribution in [2.24, 2.45) is 0 Å². The molecule has 0 saturated heterocycles. The van der Waals surface area contributed by atoms with Gasteiger partial charge in [0.25, 0.3) is 0 Å². The third-order valence-electron chi connectivity index (χ3n) is 2.82. The number of benzene rings is 1. The van der Waals surface area contributed by atoms with Crippen LogP contribution in [0.1, 0.15) is 40.1 Å². The molecule has 21 heavy (non-hydrogen) atoms. The molecule has 1 aromatic carbocycles. The van der Waals surface area contributed by atoms with Crippen LogP contribution in [0.2, 0.25) is 0 Å². The summed E-state index contributed by atoms with van der Waals surface area (Å²) in [4.78, 5) is 15.9. The highest BCUT2D eigenvalue weighted by atomic mass is 32.1. The molecule has 0 radical (unpaired) electrons. The minimum Gasteiger partial charge on any atom is -0.497 e. The summed E-state index contributed by atoms with van der Waals surface area (Å²) in [6.45, 7) is 4.09. The second kappa shape index (κ2) is 6.58. The number of ether oxygens (including phenoxy) is 2. The molecule has 0 aliphatic heterocycles. The van der Waals surface area contributed by atoms with Crippen molar-refractivity contribution in [2.75, 3.05) is 7.11 Å². The van der Waals surface area contributed by atoms with Crippen molar-refractivity contribution in [3.8, 4) is 11.5 Å². The van der Waals surface area contributed by atoms with Crippen molar-refractivity contribution in [3.05, 3.63) is 39.8 Å². The summed E-state index contributed by atoms with van der Waals surface area (Å²) in [5.41, 5.74) is 0.457. The van der Waals surface area contributed by atoms with Crippen LogP contribution in [0.15, 0.2) is 24.3 Å². The minimum atomic E-state index is -0.969. The number of thiazole rings is 1. The van der Waals surface area contributed by atoms with E-state index in [1.807, 2.05) is 26.0 Å². The maximum absolute atomic E-state index is 11.3. The Kier molecular flexibility index (Phi) is 4.80. The molecule has 0 aliphatic carbocycles. The molecule has 2 aromatic rings. The summed E-state index contributed by atoms with van der Waals surface area (Å²) in [7, 11) is 1.58. The zero-order valence-corrected chi connectivity index (χ0v) is 12.9. The first-order chi connectivity index (χ1) is 10.0. The number of aromatic nitrogens is 1. The number of hydrogen-bond acceptors (Lipinski definition) is 5. The van der Waals surface area contributed by atoms with Gasteiger partial charge < -0.3 is 14.6 Å². The average Bonchev–Trinajstić information content (AvgIpc) is 2.90. The molecular weight excluding hydrogens is 290 g/mol. The molecule has 1 heterocycles. The Morgan fingerprint density at radius 3 is 2.71 bits per heavy atom. The number of hydrogen-bond donors (Lipinski definition) is 1. The summed E-state index contributed by atoms with van der Waals surface area (Å²) < 4.78 is 10.7. The molecule has 0 spiro atoms. The van der Waals surface area contributed by atoms with Crippen LogP contribution in [0, 0.1) is 0 Å². The van der Waals surface area contributed by atoms with Gasteiger partial charge in [0.2, 0.25) is 0 Å². The van der Waals surface area contributed by atoms with E-state index < -0.39 is 5.97 Å². The van der Waals surface area contributed by atoms with Gasteiger partial charge in [-0.1, -0.05) is 19.9 Å². The third-order valence-corrected chi connectivity index (χ3v) is 4.20. The summed E-state index contributed by atoms with van der Waals surface area (Å²) in [6.07, 6.45) is 0. The first-order valence-electron chi connectivity index (χ1n) is 6.51. The number of carboxylic acids is 1. The van der Waals surface area contributed by atoms with Crippen molar-refractivity contribution in [1.82, 2.24) is 4.98 Å². The van der Waals surface area contributed by atoms with Crippen LogP contribution in [-0.4, -0.2) is 23.2 Å². The normalized spacial score (nSPS) is 10.7. The lowest BCUT2D eigenvalue weighted by molar-refractivity contribution is 0.0699. The Morgan fingerprint density at radius 1 is 1.38 bits per heavy atom. The molecule has 0 unspecified atom stereocenters. The van der Waals surface area contributed by atoms with E-state index in [4.69, 9.17) is 9.47 Å². The molecule has 0 atom stereocenters. The molecule has 0 bridgehead atoms.